The minimum absolute atomic E-state index is 0.283. The Hall–Kier alpha value is -1.83. The van der Waals surface area contributed by atoms with E-state index in [1.807, 2.05) is 13.8 Å². The van der Waals surface area contributed by atoms with E-state index in [4.69, 9.17) is 0 Å². The molecule has 0 unspecified atom stereocenters. The summed E-state index contributed by atoms with van der Waals surface area (Å²) in [6.45, 7) is 13.5. The predicted octanol–water partition coefficient (Wildman–Crippen LogP) is 5.01. The zero-order valence-electron chi connectivity index (χ0n) is 23.3. The third kappa shape index (κ3) is 6.43. The van der Waals surface area contributed by atoms with Crippen LogP contribution in [0.1, 0.15) is 91.9 Å². The van der Waals surface area contributed by atoms with Crippen LogP contribution in [0.15, 0.2) is 41.8 Å². The summed E-state index contributed by atoms with van der Waals surface area (Å²) in [7, 11) is 0. The molecule has 0 aromatic carbocycles. The molecule has 0 spiro atoms. The van der Waals surface area contributed by atoms with Gasteiger partial charge in [-0.05, 0) is 105 Å². The SMILES string of the molecule is C=C1/C(=C\C=C2/CCC[C@]3(C)[C@@H]([C@H](C)CCCC(C)(C)O)CC[C@@H]23)C[C@@H](O)[C@H](CCn2ncnn2)[C@@H]1O. The van der Waals surface area contributed by atoms with Gasteiger partial charge >= 0.3 is 0 Å². The van der Waals surface area contributed by atoms with Crippen molar-refractivity contribution in [1.82, 2.24) is 20.2 Å². The standard InChI is InChI=1S/C30H48N4O3/c1-20(8-6-15-29(3,4)37)25-12-13-26-22(9-7-16-30(25,26)5)10-11-23-18-27(35)24(28(36)21(23)2)14-17-34-32-19-31-33-34/h10-11,19-20,24-28,35-37H,2,6-9,12-18H2,1,3-5H3/b22-10+,23-11-/t20-,24+,25-,26+,27-,28-,30-/m1/s1. The zero-order chi connectivity index (χ0) is 26.8. The summed E-state index contributed by atoms with van der Waals surface area (Å²) < 4.78 is 0. The Balaban J connectivity index is 1.41. The number of rotatable bonds is 9. The van der Waals surface area contributed by atoms with Gasteiger partial charge in [0.25, 0.3) is 0 Å². The van der Waals surface area contributed by atoms with Crippen LogP contribution in [0.3, 0.4) is 0 Å². The molecule has 0 saturated heterocycles. The number of aliphatic hydroxyl groups excluding tert-OH is 2. The Morgan fingerprint density at radius 1 is 1.27 bits per heavy atom. The van der Waals surface area contributed by atoms with Crippen LogP contribution in [0, 0.1) is 29.1 Å². The molecule has 1 aromatic heterocycles. The van der Waals surface area contributed by atoms with Gasteiger partial charge in [-0.3, -0.25) is 0 Å². The number of tetrazole rings is 1. The van der Waals surface area contributed by atoms with Crippen molar-refractivity contribution in [1.29, 1.82) is 0 Å². The van der Waals surface area contributed by atoms with Crippen LogP contribution < -0.4 is 0 Å². The van der Waals surface area contributed by atoms with Gasteiger partial charge < -0.3 is 15.3 Å². The van der Waals surface area contributed by atoms with Gasteiger partial charge in [0.15, 0.2) is 6.33 Å². The van der Waals surface area contributed by atoms with E-state index in [1.54, 1.807) is 0 Å². The van der Waals surface area contributed by atoms with Gasteiger partial charge in [-0.1, -0.05) is 51.0 Å². The number of hydrogen-bond donors (Lipinski definition) is 3. The Kier molecular flexibility index (Phi) is 8.76. The first-order valence-corrected chi connectivity index (χ1v) is 14.4. The van der Waals surface area contributed by atoms with E-state index >= 15 is 0 Å². The second kappa shape index (κ2) is 11.5. The number of aliphatic hydroxyl groups is 3. The van der Waals surface area contributed by atoms with E-state index in [1.165, 1.54) is 48.8 Å². The number of aryl methyl sites for hydroxylation is 1. The van der Waals surface area contributed by atoms with Crippen LogP contribution in [0.2, 0.25) is 0 Å². The van der Waals surface area contributed by atoms with Gasteiger partial charge in [0.1, 0.15) is 0 Å². The molecular weight excluding hydrogens is 464 g/mol. The van der Waals surface area contributed by atoms with E-state index < -0.39 is 17.8 Å². The first-order chi connectivity index (χ1) is 17.5. The first-order valence-electron chi connectivity index (χ1n) is 14.4. The van der Waals surface area contributed by atoms with Crippen LogP contribution >= 0.6 is 0 Å². The molecule has 3 N–H and O–H groups in total. The molecule has 1 aromatic rings. The fourth-order valence-electron chi connectivity index (χ4n) is 7.73. The van der Waals surface area contributed by atoms with Crippen molar-refractivity contribution in [3.8, 4) is 0 Å². The third-order valence-corrected chi connectivity index (χ3v) is 9.82. The number of allylic oxidation sites excluding steroid dienone is 3. The van der Waals surface area contributed by atoms with Gasteiger partial charge in [-0.25, -0.2) is 0 Å². The average molecular weight is 513 g/mol. The fraction of sp³-hybridized carbons (Fsp3) is 0.767. The molecule has 3 saturated carbocycles. The number of fused-ring (bicyclic) bond motifs is 1. The topological polar surface area (TPSA) is 104 Å². The highest BCUT2D eigenvalue weighted by Crippen LogP contribution is 2.60. The summed E-state index contributed by atoms with van der Waals surface area (Å²) in [5.41, 5.74) is 2.98. The molecule has 0 amide bonds. The Morgan fingerprint density at radius 3 is 2.76 bits per heavy atom. The Labute approximate surface area is 222 Å². The van der Waals surface area contributed by atoms with Gasteiger partial charge in [0.05, 0.1) is 24.4 Å². The van der Waals surface area contributed by atoms with Crippen molar-refractivity contribution >= 4 is 0 Å². The maximum Gasteiger partial charge on any atom is 0.162 e. The second-order valence-corrected chi connectivity index (χ2v) is 12.9. The highest BCUT2D eigenvalue weighted by molar-refractivity contribution is 5.39. The smallest absolute Gasteiger partial charge is 0.162 e. The summed E-state index contributed by atoms with van der Waals surface area (Å²) in [6, 6.07) is 0. The second-order valence-electron chi connectivity index (χ2n) is 12.9. The maximum atomic E-state index is 10.9. The molecule has 3 aliphatic carbocycles. The normalized spacial score (nSPS) is 35.8. The van der Waals surface area contributed by atoms with Crippen LogP contribution in [-0.2, 0) is 6.54 Å². The molecule has 4 rings (SSSR count). The number of nitrogens with zero attached hydrogens (tertiary/aromatic N) is 4. The molecule has 1 heterocycles. The number of aromatic nitrogens is 4. The summed E-state index contributed by atoms with van der Waals surface area (Å²) in [4.78, 5) is 1.49. The highest BCUT2D eigenvalue weighted by Gasteiger charge is 2.50. The maximum absolute atomic E-state index is 10.9. The minimum Gasteiger partial charge on any atom is -0.392 e. The van der Waals surface area contributed by atoms with Crippen LogP contribution in [0.25, 0.3) is 0 Å². The highest BCUT2D eigenvalue weighted by atomic mass is 16.3. The summed E-state index contributed by atoms with van der Waals surface area (Å²) in [6.07, 6.45) is 14.8. The summed E-state index contributed by atoms with van der Waals surface area (Å²) in [5.74, 6) is 1.72. The van der Waals surface area contributed by atoms with E-state index in [2.05, 4.69) is 48.0 Å². The molecule has 0 aliphatic heterocycles. The van der Waals surface area contributed by atoms with Crippen molar-refractivity contribution in [2.24, 2.45) is 29.1 Å². The summed E-state index contributed by atoms with van der Waals surface area (Å²) >= 11 is 0. The van der Waals surface area contributed by atoms with E-state index in [9.17, 15) is 15.3 Å². The lowest BCUT2D eigenvalue weighted by molar-refractivity contribution is 0.0110. The van der Waals surface area contributed by atoms with Crippen LogP contribution in [0.5, 0.6) is 0 Å². The van der Waals surface area contributed by atoms with E-state index in [0.717, 1.165) is 36.3 Å². The van der Waals surface area contributed by atoms with Gasteiger partial charge in [-0.2, -0.15) is 4.80 Å². The molecule has 0 radical (unpaired) electrons. The fourth-order valence-corrected chi connectivity index (χ4v) is 7.73. The molecular formula is C30H48N4O3. The molecule has 206 valence electrons. The average Bonchev–Trinajstić information content (AvgIpc) is 3.47. The van der Waals surface area contributed by atoms with Crippen molar-refractivity contribution in [2.75, 3.05) is 0 Å². The quantitative estimate of drug-likeness (QED) is 0.430. The van der Waals surface area contributed by atoms with Crippen LogP contribution in [0.4, 0.5) is 0 Å². The molecule has 7 nitrogen and oxygen atoms in total. The molecule has 37 heavy (non-hydrogen) atoms. The minimum atomic E-state index is -0.769. The Bertz CT molecular complexity index is 979. The Morgan fingerprint density at radius 2 is 2.05 bits per heavy atom. The third-order valence-electron chi connectivity index (χ3n) is 9.82. The molecule has 7 atom stereocenters. The largest absolute Gasteiger partial charge is 0.392 e. The predicted molar refractivity (Wildman–Crippen MR) is 145 cm³/mol. The van der Waals surface area contributed by atoms with Gasteiger partial charge in [0, 0.05) is 5.92 Å². The number of hydrogen-bond acceptors (Lipinski definition) is 6. The summed E-state index contributed by atoms with van der Waals surface area (Å²) in [5, 5.41) is 43.5. The van der Waals surface area contributed by atoms with Crippen molar-refractivity contribution in [3.05, 3.63) is 41.8 Å². The zero-order valence-corrected chi connectivity index (χ0v) is 23.3. The molecule has 3 aliphatic rings. The van der Waals surface area contributed by atoms with E-state index in [-0.39, 0.29) is 5.92 Å². The molecule has 3 fully saturated rings. The monoisotopic (exact) mass is 512 g/mol. The first kappa shape index (κ1) is 28.2. The lowest BCUT2D eigenvalue weighted by Crippen LogP contribution is -2.39. The van der Waals surface area contributed by atoms with E-state index in [0.29, 0.717) is 36.6 Å². The molecule has 7 heteroatoms. The van der Waals surface area contributed by atoms with Crippen molar-refractivity contribution in [3.63, 3.8) is 0 Å². The van der Waals surface area contributed by atoms with Gasteiger partial charge in [0.2, 0.25) is 0 Å². The van der Waals surface area contributed by atoms with Crippen LogP contribution in [-0.4, -0.2) is 53.3 Å². The van der Waals surface area contributed by atoms with Gasteiger partial charge in [-0.15, -0.1) is 10.2 Å². The van der Waals surface area contributed by atoms with Crippen molar-refractivity contribution < 1.29 is 15.3 Å². The lowest BCUT2D eigenvalue weighted by Gasteiger charge is -2.44. The lowest BCUT2D eigenvalue weighted by atomic mass is 9.60. The van der Waals surface area contributed by atoms with Crippen molar-refractivity contribution in [2.45, 2.75) is 116 Å². The molecule has 0 bridgehead atoms.